The third-order valence-corrected chi connectivity index (χ3v) is 3.21. The highest BCUT2D eigenvalue weighted by Crippen LogP contribution is 2.26. The van der Waals surface area contributed by atoms with E-state index in [1.165, 1.54) is 0 Å². The van der Waals surface area contributed by atoms with Crippen LogP contribution in [0.3, 0.4) is 0 Å². The second kappa shape index (κ2) is 5.87. The van der Waals surface area contributed by atoms with Gasteiger partial charge >= 0.3 is 0 Å². The molecule has 1 aromatic rings. The molecule has 1 N–H and O–H groups in total. The summed E-state index contributed by atoms with van der Waals surface area (Å²) >= 11 is 3.42. The van der Waals surface area contributed by atoms with Gasteiger partial charge in [0.1, 0.15) is 0 Å². The van der Waals surface area contributed by atoms with Crippen LogP contribution in [0.15, 0.2) is 28.7 Å². The summed E-state index contributed by atoms with van der Waals surface area (Å²) in [6.45, 7) is 10.2. The van der Waals surface area contributed by atoms with Crippen molar-refractivity contribution in [1.29, 1.82) is 0 Å². The Kier molecular flexibility index (Phi) is 4.97. The van der Waals surface area contributed by atoms with Crippen LogP contribution < -0.4 is 5.32 Å². The predicted octanol–water partition coefficient (Wildman–Crippen LogP) is 4.10. The molecule has 3 heteroatoms. The molecule has 0 saturated carbocycles. The third-order valence-electron chi connectivity index (χ3n) is 2.68. The van der Waals surface area contributed by atoms with Gasteiger partial charge in [-0.15, -0.1) is 0 Å². The molecule has 1 atom stereocenters. The summed E-state index contributed by atoms with van der Waals surface area (Å²) in [6, 6.07) is 7.98. The maximum atomic E-state index is 12.4. The normalized spacial score (nSPS) is 13.5. The van der Waals surface area contributed by atoms with E-state index < -0.39 is 0 Å². The lowest BCUT2D eigenvalue weighted by atomic mass is 9.87. The van der Waals surface area contributed by atoms with E-state index in [0.717, 1.165) is 10.0 Å². The van der Waals surface area contributed by atoms with Crippen LogP contribution in [-0.4, -0.2) is 11.4 Å². The highest BCUT2D eigenvalue weighted by Gasteiger charge is 2.26. The van der Waals surface area contributed by atoms with Crippen molar-refractivity contribution in [3.63, 3.8) is 0 Å². The van der Waals surface area contributed by atoms with Crippen molar-refractivity contribution in [2.24, 2.45) is 5.92 Å². The molecule has 0 aliphatic carbocycles. The minimum Gasteiger partial charge on any atom is -0.351 e. The molecule has 0 fully saturated rings. The molecule has 0 spiro atoms. The standard InChI is InChI=1S/C15H22BrNO/c1-10(2)13(14(18)17-15(3,4)5)11-6-8-12(16)9-7-11/h6-10,13H,1-5H3,(H,17,18). The number of hydrogen-bond acceptors (Lipinski definition) is 1. The highest BCUT2D eigenvalue weighted by molar-refractivity contribution is 9.10. The number of hydrogen-bond donors (Lipinski definition) is 1. The van der Waals surface area contributed by atoms with E-state index >= 15 is 0 Å². The molecule has 1 unspecified atom stereocenters. The number of nitrogens with one attached hydrogen (secondary N) is 1. The Bertz CT molecular complexity index is 403. The van der Waals surface area contributed by atoms with Gasteiger partial charge in [0.15, 0.2) is 0 Å². The minimum absolute atomic E-state index is 0.0971. The fourth-order valence-electron chi connectivity index (χ4n) is 1.96. The molecular formula is C15H22BrNO. The molecule has 18 heavy (non-hydrogen) atoms. The maximum absolute atomic E-state index is 12.4. The van der Waals surface area contributed by atoms with Gasteiger partial charge in [-0.1, -0.05) is 41.9 Å². The van der Waals surface area contributed by atoms with Crippen LogP contribution >= 0.6 is 15.9 Å². The van der Waals surface area contributed by atoms with Gasteiger partial charge in [-0.05, 0) is 44.4 Å². The van der Waals surface area contributed by atoms with Crippen LogP contribution in [0.5, 0.6) is 0 Å². The zero-order valence-electron chi connectivity index (χ0n) is 11.8. The molecule has 0 heterocycles. The van der Waals surface area contributed by atoms with E-state index in [1.54, 1.807) is 0 Å². The minimum atomic E-state index is -0.195. The number of benzene rings is 1. The summed E-state index contributed by atoms with van der Waals surface area (Å²) in [7, 11) is 0. The molecule has 0 aromatic heterocycles. The van der Waals surface area contributed by atoms with E-state index in [2.05, 4.69) is 35.1 Å². The largest absolute Gasteiger partial charge is 0.351 e. The van der Waals surface area contributed by atoms with E-state index in [1.807, 2.05) is 45.0 Å². The molecule has 1 rings (SSSR count). The summed E-state index contributed by atoms with van der Waals surface area (Å²) in [4.78, 5) is 12.4. The molecule has 0 radical (unpaired) electrons. The maximum Gasteiger partial charge on any atom is 0.228 e. The Morgan fingerprint density at radius 2 is 1.67 bits per heavy atom. The Morgan fingerprint density at radius 1 is 1.17 bits per heavy atom. The number of halogens is 1. The van der Waals surface area contributed by atoms with Crippen LogP contribution in [0, 0.1) is 5.92 Å². The van der Waals surface area contributed by atoms with Gasteiger partial charge in [0.2, 0.25) is 5.91 Å². The van der Waals surface area contributed by atoms with Gasteiger partial charge in [-0.3, -0.25) is 4.79 Å². The summed E-state index contributed by atoms with van der Waals surface area (Å²) in [5.41, 5.74) is 0.870. The fourth-order valence-corrected chi connectivity index (χ4v) is 2.22. The Hall–Kier alpha value is -0.830. The quantitative estimate of drug-likeness (QED) is 0.894. The van der Waals surface area contributed by atoms with Crippen molar-refractivity contribution < 1.29 is 4.79 Å². The van der Waals surface area contributed by atoms with Gasteiger partial charge in [-0.25, -0.2) is 0 Å². The van der Waals surface area contributed by atoms with Gasteiger partial charge < -0.3 is 5.32 Å². The molecule has 0 aliphatic rings. The van der Waals surface area contributed by atoms with E-state index in [-0.39, 0.29) is 23.3 Å². The van der Waals surface area contributed by atoms with E-state index in [9.17, 15) is 4.79 Å². The number of rotatable bonds is 3. The van der Waals surface area contributed by atoms with Crippen LogP contribution in [0.1, 0.15) is 46.1 Å². The summed E-state index contributed by atoms with van der Waals surface area (Å²) in [5, 5.41) is 3.06. The molecule has 0 aliphatic heterocycles. The zero-order valence-corrected chi connectivity index (χ0v) is 13.3. The van der Waals surface area contributed by atoms with Gasteiger partial charge in [0.05, 0.1) is 5.92 Å². The molecule has 0 saturated heterocycles. The van der Waals surface area contributed by atoms with Crippen molar-refractivity contribution in [3.05, 3.63) is 34.3 Å². The molecule has 2 nitrogen and oxygen atoms in total. The molecular weight excluding hydrogens is 290 g/mol. The molecule has 1 aromatic carbocycles. The molecule has 0 bridgehead atoms. The van der Waals surface area contributed by atoms with Crippen molar-refractivity contribution in [2.75, 3.05) is 0 Å². The zero-order chi connectivity index (χ0) is 13.9. The van der Waals surface area contributed by atoms with Gasteiger partial charge in [0.25, 0.3) is 0 Å². The average molecular weight is 312 g/mol. The molecule has 100 valence electrons. The Balaban J connectivity index is 2.96. The Morgan fingerprint density at radius 3 is 2.06 bits per heavy atom. The Labute approximate surface area is 118 Å². The van der Waals surface area contributed by atoms with E-state index in [4.69, 9.17) is 0 Å². The first-order chi connectivity index (χ1) is 8.20. The smallest absolute Gasteiger partial charge is 0.228 e. The monoisotopic (exact) mass is 311 g/mol. The molecule has 1 amide bonds. The summed E-state index contributed by atoms with van der Waals surface area (Å²) in [5.74, 6) is 0.269. The first-order valence-corrected chi connectivity index (χ1v) is 7.07. The second-order valence-electron chi connectivity index (χ2n) is 6.01. The van der Waals surface area contributed by atoms with Crippen LogP contribution in [0.4, 0.5) is 0 Å². The highest BCUT2D eigenvalue weighted by atomic mass is 79.9. The van der Waals surface area contributed by atoms with Crippen LogP contribution in [0.25, 0.3) is 0 Å². The number of carbonyl (C=O) groups is 1. The van der Waals surface area contributed by atoms with E-state index in [0.29, 0.717) is 0 Å². The summed E-state index contributed by atoms with van der Waals surface area (Å²) in [6.07, 6.45) is 0. The second-order valence-corrected chi connectivity index (χ2v) is 6.93. The SMILES string of the molecule is CC(C)C(C(=O)NC(C)(C)C)c1ccc(Br)cc1. The first kappa shape index (κ1) is 15.2. The first-order valence-electron chi connectivity index (χ1n) is 6.28. The van der Waals surface area contributed by atoms with Crippen molar-refractivity contribution in [3.8, 4) is 0 Å². The number of carbonyl (C=O) groups excluding carboxylic acids is 1. The summed E-state index contributed by atoms with van der Waals surface area (Å²) < 4.78 is 1.03. The average Bonchev–Trinajstić information content (AvgIpc) is 2.18. The number of amides is 1. The van der Waals surface area contributed by atoms with Crippen LogP contribution in [-0.2, 0) is 4.79 Å². The van der Waals surface area contributed by atoms with Gasteiger partial charge in [-0.2, -0.15) is 0 Å². The van der Waals surface area contributed by atoms with Crippen LogP contribution in [0.2, 0.25) is 0 Å². The fraction of sp³-hybridized carbons (Fsp3) is 0.533. The lowest BCUT2D eigenvalue weighted by Crippen LogP contribution is -2.44. The lowest BCUT2D eigenvalue weighted by molar-refractivity contribution is -0.124. The third kappa shape index (κ3) is 4.45. The van der Waals surface area contributed by atoms with Crippen molar-refractivity contribution >= 4 is 21.8 Å². The topological polar surface area (TPSA) is 29.1 Å². The van der Waals surface area contributed by atoms with Gasteiger partial charge in [0, 0.05) is 10.0 Å². The lowest BCUT2D eigenvalue weighted by Gasteiger charge is -2.27. The van der Waals surface area contributed by atoms with Crippen molar-refractivity contribution in [1.82, 2.24) is 5.32 Å². The predicted molar refractivity (Wildman–Crippen MR) is 79.6 cm³/mol. The van der Waals surface area contributed by atoms with Crippen molar-refractivity contribution in [2.45, 2.75) is 46.1 Å².